The fourth-order valence-electron chi connectivity index (χ4n) is 4.06. The van der Waals surface area contributed by atoms with Crippen molar-refractivity contribution in [2.24, 2.45) is 0 Å². The number of hydrogen-bond acceptors (Lipinski definition) is 4. The highest BCUT2D eigenvalue weighted by Crippen LogP contribution is 2.28. The monoisotopic (exact) mass is 488 g/mol. The molecule has 0 saturated carbocycles. The highest BCUT2D eigenvalue weighted by Gasteiger charge is 2.22. The summed E-state index contributed by atoms with van der Waals surface area (Å²) in [6.45, 7) is 4.05. The second-order valence-corrected chi connectivity index (χ2v) is 9.11. The van der Waals surface area contributed by atoms with E-state index in [4.69, 9.17) is 27.9 Å². The molecule has 1 aliphatic heterocycles. The van der Waals surface area contributed by atoms with Gasteiger partial charge in [0.2, 0.25) is 0 Å². The highest BCUT2D eigenvalue weighted by molar-refractivity contribution is 6.30. The number of anilines is 1. The Morgan fingerprint density at radius 1 is 0.788 bits per heavy atom. The summed E-state index contributed by atoms with van der Waals surface area (Å²) in [6.07, 6.45) is -0.950. The van der Waals surface area contributed by atoms with Crippen molar-refractivity contribution in [1.29, 1.82) is 0 Å². The van der Waals surface area contributed by atoms with Crippen molar-refractivity contribution in [3.05, 3.63) is 99.8 Å². The van der Waals surface area contributed by atoms with Gasteiger partial charge in [-0.2, -0.15) is 0 Å². The minimum absolute atomic E-state index is 0.202. The van der Waals surface area contributed by atoms with E-state index in [2.05, 4.69) is 9.80 Å². The van der Waals surface area contributed by atoms with Crippen molar-refractivity contribution in [3.8, 4) is 0 Å². The number of piperazine rings is 1. The normalized spacial score (nSPS) is 15.7. The van der Waals surface area contributed by atoms with Crippen LogP contribution in [0.2, 0.25) is 10.0 Å². The number of rotatable bonds is 8. The number of aliphatic hydroxyl groups excluding tert-OH is 1. The van der Waals surface area contributed by atoms with Gasteiger partial charge in [-0.3, -0.25) is 4.90 Å². The average molecular weight is 489 g/mol. The SMILES string of the molecule is O[C@@H](COC(c1ccc(Cl)cc1)c1ccc(Cl)cc1)CN1CCN(c2ccc(F)cc2)CC1. The van der Waals surface area contributed by atoms with E-state index >= 15 is 0 Å². The molecule has 7 heteroatoms. The first-order chi connectivity index (χ1) is 16.0. The van der Waals surface area contributed by atoms with Crippen LogP contribution >= 0.6 is 23.2 Å². The van der Waals surface area contributed by atoms with Crippen LogP contribution < -0.4 is 4.90 Å². The van der Waals surface area contributed by atoms with E-state index in [1.54, 1.807) is 12.1 Å². The standard InChI is InChI=1S/C26H27Cl2FN2O2/c27-21-5-1-19(2-6-21)26(20-3-7-22(28)8-4-20)33-18-25(32)17-30-13-15-31(16-14-30)24-11-9-23(29)10-12-24/h1-12,25-26,32H,13-18H2/t25-/m1/s1. The lowest BCUT2D eigenvalue weighted by Crippen LogP contribution is -2.49. The van der Waals surface area contributed by atoms with E-state index in [0.717, 1.165) is 43.0 Å². The predicted octanol–water partition coefficient (Wildman–Crippen LogP) is 5.42. The lowest BCUT2D eigenvalue weighted by Gasteiger charge is -2.37. The summed E-state index contributed by atoms with van der Waals surface area (Å²) in [4.78, 5) is 4.46. The average Bonchev–Trinajstić information content (AvgIpc) is 2.82. The van der Waals surface area contributed by atoms with Crippen LogP contribution in [0.4, 0.5) is 10.1 Å². The van der Waals surface area contributed by atoms with Crippen LogP contribution in [0, 0.1) is 5.82 Å². The maximum atomic E-state index is 13.2. The van der Waals surface area contributed by atoms with E-state index in [-0.39, 0.29) is 18.5 Å². The van der Waals surface area contributed by atoms with E-state index in [1.165, 1.54) is 12.1 Å². The molecule has 0 unspecified atom stereocenters. The maximum Gasteiger partial charge on any atom is 0.123 e. The van der Waals surface area contributed by atoms with Gasteiger partial charge in [-0.05, 0) is 59.7 Å². The summed E-state index contributed by atoms with van der Waals surface area (Å²) < 4.78 is 19.4. The number of hydrogen-bond donors (Lipinski definition) is 1. The summed E-state index contributed by atoms with van der Waals surface area (Å²) in [5.74, 6) is -0.226. The van der Waals surface area contributed by atoms with E-state index in [1.807, 2.05) is 48.5 Å². The third kappa shape index (κ3) is 6.69. The number of nitrogens with zero attached hydrogens (tertiary/aromatic N) is 2. The van der Waals surface area contributed by atoms with Gasteiger partial charge in [0.15, 0.2) is 0 Å². The molecule has 1 N–H and O–H groups in total. The first-order valence-corrected chi connectivity index (χ1v) is 11.8. The maximum absolute atomic E-state index is 13.2. The molecule has 3 aromatic rings. The van der Waals surface area contributed by atoms with Crippen molar-refractivity contribution in [2.45, 2.75) is 12.2 Å². The predicted molar refractivity (Wildman–Crippen MR) is 132 cm³/mol. The number of ether oxygens (including phenoxy) is 1. The third-order valence-corrected chi connectivity index (χ3v) is 6.34. The Morgan fingerprint density at radius 2 is 1.30 bits per heavy atom. The molecule has 1 heterocycles. The van der Waals surface area contributed by atoms with Gasteiger partial charge in [0.25, 0.3) is 0 Å². The third-order valence-electron chi connectivity index (χ3n) is 5.83. The van der Waals surface area contributed by atoms with Crippen molar-refractivity contribution in [3.63, 3.8) is 0 Å². The Balaban J connectivity index is 1.32. The van der Waals surface area contributed by atoms with E-state index < -0.39 is 6.10 Å². The van der Waals surface area contributed by atoms with Gasteiger partial charge in [0, 0.05) is 48.5 Å². The summed E-state index contributed by atoms with van der Waals surface area (Å²) in [5.41, 5.74) is 2.94. The molecule has 0 radical (unpaired) electrons. The molecule has 4 nitrogen and oxygen atoms in total. The minimum Gasteiger partial charge on any atom is -0.389 e. The number of benzene rings is 3. The zero-order valence-electron chi connectivity index (χ0n) is 18.2. The number of halogens is 3. The van der Waals surface area contributed by atoms with Gasteiger partial charge >= 0.3 is 0 Å². The second kappa shape index (κ2) is 11.3. The molecule has 0 aromatic heterocycles. The lowest BCUT2D eigenvalue weighted by atomic mass is 10.0. The first-order valence-electron chi connectivity index (χ1n) is 11.0. The first kappa shape index (κ1) is 24.0. The minimum atomic E-state index is -0.621. The molecule has 0 amide bonds. The van der Waals surface area contributed by atoms with Crippen molar-refractivity contribution >= 4 is 28.9 Å². The topological polar surface area (TPSA) is 35.9 Å². The lowest BCUT2D eigenvalue weighted by molar-refractivity contribution is -0.00893. The summed E-state index contributed by atoms with van der Waals surface area (Å²) in [5, 5.41) is 12.0. The zero-order chi connectivity index (χ0) is 23.2. The Hall–Kier alpha value is -2.15. The van der Waals surface area contributed by atoms with Crippen LogP contribution in [0.3, 0.4) is 0 Å². The fraction of sp³-hybridized carbons (Fsp3) is 0.308. The van der Waals surface area contributed by atoms with Crippen LogP contribution in [0.25, 0.3) is 0 Å². The molecular formula is C26H27Cl2FN2O2. The fourth-order valence-corrected chi connectivity index (χ4v) is 4.31. The van der Waals surface area contributed by atoms with Crippen LogP contribution in [0.5, 0.6) is 0 Å². The van der Waals surface area contributed by atoms with Crippen LogP contribution in [0.15, 0.2) is 72.8 Å². The van der Waals surface area contributed by atoms with Gasteiger partial charge in [0.05, 0.1) is 12.7 Å². The second-order valence-electron chi connectivity index (χ2n) is 8.23. The molecular weight excluding hydrogens is 462 g/mol. The Kier molecular flexibility index (Phi) is 8.23. The molecule has 174 valence electrons. The molecule has 1 fully saturated rings. The van der Waals surface area contributed by atoms with Crippen LogP contribution in [-0.4, -0.2) is 55.4 Å². The molecule has 0 bridgehead atoms. The largest absolute Gasteiger partial charge is 0.389 e. The van der Waals surface area contributed by atoms with Crippen LogP contribution in [0.1, 0.15) is 17.2 Å². The Labute approximate surface area is 204 Å². The van der Waals surface area contributed by atoms with E-state index in [0.29, 0.717) is 16.6 Å². The van der Waals surface area contributed by atoms with Crippen molar-refractivity contribution in [1.82, 2.24) is 4.90 Å². The quantitative estimate of drug-likeness (QED) is 0.459. The zero-order valence-corrected chi connectivity index (χ0v) is 19.7. The molecule has 0 aliphatic carbocycles. The number of β-amino-alcohol motifs (C(OH)–C–C–N with tert-alkyl or cyclic N) is 1. The summed E-state index contributed by atoms with van der Waals surface area (Å²) >= 11 is 12.1. The van der Waals surface area contributed by atoms with Crippen molar-refractivity contribution in [2.75, 3.05) is 44.2 Å². The van der Waals surface area contributed by atoms with Crippen molar-refractivity contribution < 1.29 is 14.2 Å². The molecule has 3 aromatic carbocycles. The van der Waals surface area contributed by atoms with Gasteiger partial charge in [-0.25, -0.2) is 4.39 Å². The molecule has 1 saturated heterocycles. The Morgan fingerprint density at radius 3 is 1.82 bits per heavy atom. The molecule has 0 spiro atoms. The summed E-state index contributed by atoms with van der Waals surface area (Å²) in [7, 11) is 0. The van der Waals surface area contributed by atoms with Gasteiger partial charge in [-0.1, -0.05) is 47.5 Å². The Bertz CT molecular complexity index is 962. The molecule has 1 aliphatic rings. The van der Waals surface area contributed by atoms with Gasteiger partial charge in [-0.15, -0.1) is 0 Å². The van der Waals surface area contributed by atoms with Gasteiger partial charge in [0.1, 0.15) is 11.9 Å². The molecule has 33 heavy (non-hydrogen) atoms. The van der Waals surface area contributed by atoms with Crippen LogP contribution in [-0.2, 0) is 4.74 Å². The molecule has 1 atom stereocenters. The summed E-state index contributed by atoms with van der Waals surface area (Å²) in [6, 6.07) is 21.7. The highest BCUT2D eigenvalue weighted by atomic mass is 35.5. The van der Waals surface area contributed by atoms with E-state index in [9.17, 15) is 9.50 Å². The smallest absolute Gasteiger partial charge is 0.123 e. The number of aliphatic hydroxyl groups is 1. The molecule has 4 rings (SSSR count). The van der Waals surface area contributed by atoms with Gasteiger partial charge < -0.3 is 14.7 Å².